The number of nitrogens with zero attached hydrogens (tertiary/aromatic N) is 3. The van der Waals surface area contributed by atoms with Crippen molar-refractivity contribution in [1.29, 1.82) is 0 Å². The predicted molar refractivity (Wildman–Crippen MR) is 102 cm³/mol. The van der Waals surface area contributed by atoms with E-state index in [1.807, 2.05) is 17.9 Å². The monoisotopic (exact) mass is 423 g/mol. The highest BCUT2D eigenvalue weighted by atomic mass is 127. The summed E-state index contributed by atoms with van der Waals surface area (Å²) in [5, 5.41) is 11.8. The third-order valence-electron chi connectivity index (χ3n) is 3.36. The molecule has 2 rings (SSSR count). The number of guanidine groups is 1. The first-order valence-corrected chi connectivity index (χ1v) is 8.38. The Morgan fingerprint density at radius 3 is 3.00 bits per heavy atom. The van der Waals surface area contributed by atoms with E-state index >= 15 is 0 Å². The number of aryl methyl sites for hydroxylation is 2. The first kappa shape index (κ1) is 18.6. The Morgan fingerprint density at radius 2 is 2.38 bits per heavy atom. The van der Waals surface area contributed by atoms with E-state index in [9.17, 15) is 0 Å². The molecule has 0 radical (unpaired) electrons. The van der Waals surface area contributed by atoms with Gasteiger partial charge in [0.05, 0.1) is 6.20 Å². The lowest BCUT2D eigenvalue weighted by Gasteiger charge is -2.14. The molecule has 1 aliphatic heterocycles. The zero-order chi connectivity index (χ0) is 14.2. The van der Waals surface area contributed by atoms with Crippen molar-refractivity contribution in [3.05, 3.63) is 18.0 Å². The van der Waals surface area contributed by atoms with E-state index in [1.165, 1.54) is 24.2 Å². The lowest BCUT2D eigenvalue weighted by atomic mass is 10.2. The minimum Gasteiger partial charge on any atom is -0.356 e. The SMILES string of the molecule is CN=C(NCCCn1cc(C)cn1)NCC1CCCS1.I. The minimum atomic E-state index is 0. The van der Waals surface area contributed by atoms with Crippen molar-refractivity contribution >= 4 is 41.7 Å². The van der Waals surface area contributed by atoms with Gasteiger partial charge in [-0.25, -0.2) is 0 Å². The number of rotatable bonds is 6. The standard InChI is InChI=1S/C14H25N5S.HI/c1-12-9-18-19(11-12)7-4-6-16-14(15-2)17-10-13-5-3-8-20-13;/h9,11,13H,3-8,10H2,1-2H3,(H2,15,16,17);1H. The normalized spacial score (nSPS) is 18.4. The zero-order valence-electron chi connectivity index (χ0n) is 12.8. The summed E-state index contributed by atoms with van der Waals surface area (Å²) in [7, 11) is 1.83. The predicted octanol–water partition coefficient (Wildman–Crippen LogP) is 2.26. The van der Waals surface area contributed by atoms with Crippen molar-refractivity contribution in [2.75, 3.05) is 25.9 Å². The zero-order valence-corrected chi connectivity index (χ0v) is 16.0. The van der Waals surface area contributed by atoms with E-state index in [4.69, 9.17) is 0 Å². The van der Waals surface area contributed by atoms with Crippen molar-refractivity contribution in [2.45, 2.75) is 38.0 Å². The number of aliphatic imine (C=N–C) groups is 1. The van der Waals surface area contributed by atoms with Gasteiger partial charge in [0.25, 0.3) is 0 Å². The Morgan fingerprint density at radius 1 is 1.52 bits per heavy atom. The van der Waals surface area contributed by atoms with Crippen molar-refractivity contribution in [2.24, 2.45) is 4.99 Å². The molecule has 1 aromatic heterocycles. The molecule has 7 heteroatoms. The summed E-state index contributed by atoms with van der Waals surface area (Å²) in [6.07, 6.45) is 7.69. The van der Waals surface area contributed by atoms with Gasteiger partial charge in [-0.2, -0.15) is 16.9 Å². The molecule has 0 amide bonds. The van der Waals surface area contributed by atoms with Gasteiger partial charge in [0.1, 0.15) is 0 Å². The van der Waals surface area contributed by atoms with Crippen LogP contribution in [0, 0.1) is 6.92 Å². The molecule has 1 fully saturated rings. The van der Waals surface area contributed by atoms with Gasteiger partial charge >= 0.3 is 0 Å². The molecule has 1 unspecified atom stereocenters. The summed E-state index contributed by atoms with van der Waals surface area (Å²) in [4.78, 5) is 4.26. The van der Waals surface area contributed by atoms with E-state index in [2.05, 4.69) is 45.6 Å². The van der Waals surface area contributed by atoms with Gasteiger partial charge in [0, 0.05) is 38.1 Å². The van der Waals surface area contributed by atoms with Crippen LogP contribution in [-0.4, -0.2) is 46.9 Å². The maximum Gasteiger partial charge on any atom is 0.191 e. The smallest absolute Gasteiger partial charge is 0.191 e. The summed E-state index contributed by atoms with van der Waals surface area (Å²) in [6.45, 7) is 4.93. The molecule has 0 aromatic carbocycles. The molecule has 1 saturated heterocycles. The second kappa shape index (κ2) is 10.3. The van der Waals surface area contributed by atoms with Gasteiger partial charge in [-0.15, -0.1) is 24.0 Å². The van der Waals surface area contributed by atoms with E-state index in [0.29, 0.717) is 0 Å². The topological polar surface area (TPSA) is 54.2 Å². The van der Waals surface area contributed by atoms with Gasteiger partial charge in [-0.05, 0) is 37.5 Å². The van der Waals surface area contributed by atoms with Crippen LogP contribution < -0.4 is 10.6 Å². The minimum absolute atomic E-state index is 0. The van der Waals surface area contributed by atoms with Crippen LogP contribution in [-0.2, 0) is 6.54 Å². The van der Waals surface area contributed by atoms with E-state index in [1.54, 1.807) is 0 Å². The summed E-state index contributed by atoms with van der Waals surface area (Å²) in [6, 6.07) is 0. The molecule has 2 heterocycles. The number of hydrogen-bond donors (Lipinski definition) is 2. The highest BCUT2D eigenvalue weighted by molar-refractivity contribution is 14.0. The number of aromatic nitrogens is 2. The van der Waals surface area contributed by atoms with E-state index in [0.717, 1.165) is 37.3 Å². The fourth-order valence-corrected chi connectivity index (χ4v) is 3.47. The fraction of sp³-hybridized carbons (Fsp3) is 0.714. The van der Waals surface area contributed by atoms with Crippen LogP contribution in [0.1, 0.15) is 24.8 Å². The molecular formula is C14H26IN5S. The van der Waals surface area contributed by atoms with Crippen LogP contribution in [0.15, 0.2) is 17.4 Å². The lowest BCUT2D eigenvalue weighted by molar-refractivity contribution is 0.569. The summed E-state index contributed by atoms with van der Waals surface area (Å²) in [5.74, 6) is 2.22. The van der Waals surface area contributed by atoms with Crippen LogP contribution in [0.25, 0.3) is 0 Å². The Bertz CT molecular complexity index is 429. The largest absolute Gasteiger partial charge is 0.356 e. The average Bonchev–Trinajstić information content (AvgIpc) is 3.09. The van der Waals surface area contributed by atoms with Crippen molar-refractivity contribution < 1.29 is 0 Å². The van der Waals surface area contributed by atoms with Crippen molar-refractivity contribution in [3.8, 4) is 0 Å². The number of thioether (sulfide) groups is 1. The van der Waals surface area contributed by atoms with Crippen LogP contribution in [0.4, 0.5) is 0 Å². The molecule has 5 nitrogen and oxygen atoms in total. The van der Waals surface area contributed by atoms with Gasteiger partial charge in [0.15, 0.2) is 5.96 Å². The highest BCUT2D eigenvalue weighted by Gasteiger charge is 2.15. The molecule has 1 aliphatic rings. The summed E-state index contributed by atoms with van der Waals surface area (Å²) < 4.78 is 1.99. The number of nitrogens with one attached hydrogen (secondary N) is 2. The van der Waals surface area contributed by atoms with Crippen LogP contribution in [0.3, 0.4) is 0 Å². The molecule has 21 heavy (non-hydrogen) atoms. The summed E-state index contributed by atoms with van der Waals surface area (Å²) >= 11 is 2.07. The molecule has 1 atom stereocenters. The van der Waals surface area contributed by atoms with Crippen LogP contribution in [0.2, 0.25) is 0 Å². The molecule has 0 aliphatic carbocycles. The molecule has 120 valence electrons. The van der Waals surface area contributed by atoms with Crippen molar-refractivity contribution in [3.63, 3.8) is 0 Å². The summed E-state index contributed by atoms with van der Waals surface area (Å²) in [5.41, 5.74) is 1.21. The molecule has 2 N–H and O–H groups in total. The second-order valence-electron chi connectivity index (χ2n) is 5.15. The van der Waals surface area contributed by atoms with Crippen LogP contribution in [0.5, 0.6) is 0 Å². The Labute approximate surface area is 148 Å². The lowest BCUT2D eigenvalue weighted by Crippen LogP contribution is -2.40. The quantitative estimate of drug-likeness (QED) is 0.319. The number of hydrogen-bond acceptors (Lipinski definition) is 3. The number of halogens is 1. The highest BCUT2D eigenvalue weighted by Crippen LogP contribution is 2.25. The molecule has 0 spiro atoms. The molecule has 1 aromatic rings. The third kappa shape index (κ3) is 6.90. The van der Waals surface area contributed by atoms with Gasteiger partial charge in [-0.3, -0.25) is 9.67 Å². The Balaban J connectivity index is 0.00000220. The molecular weight excluding hydrogens is 397 g/mol. The average molecular weight is 423 g/mol. The fourth-order valence-electron chi connectivity index (χ4n) is 2.27. The Kier molecular flexibility index (Phi) is 9.14. The maximum absolute atomic E-state index is 4.28. The van der Waals surface area contributed by atoms with E-state index in [-0.39, 0.29) is 24.0 Å². The molecule has 0 saturated carbocycles. The second-order valence-corrected chi connectivity index (χ2v) is 6.56. The maximum atomic E-state index is 4.28. The first-order valence-electron chi connectivity index (χ1n) is 7.33. The van der Waals surface area contributed by atoms with Gasteiger partial charge in [-0.1, -0.05) is 0 Å². The van der Waals surface area contributed by atoms with E-state index < -0.39 is 0 Å². The third-order valence-corrected chi connectivity index (χ3v) is 4.76. The first-order chi connectivity index (χ1) is 9.78. The van der Waals surface area contributed by atoms with Gasteiger partial charge in [0.2, 0.25) is 0 Å². The molecule has 0 bridgehead atoms. The van der Waals surface area contributed by atoms with Gasteiger partial charge < -0.3 is 10.6 Å². The van der Waals surface area contributed by atoms with Crippen LogP contribution >= 0.6 is 35.7 Å². The van der Waals surface area contributed by atoms with Crippen molar-refractivity contribution in [1.82, 2.24) is 20.4 Å². The Hall–Kier alpha value is -0.440.